The van der Waals surface area contributed by atoms with E-state index in [-0.39, 0.29) is 11.4 Å². The van der Waals surface area contributed by atoms with E-state index in [2.05, 4.69) is 20.7 Å². The molecule has 0 atom stereocenters. The molecule has 0 radical (unpaired) electrons. The largest absolute Gasteiger partial charge is 0.348 e. The van der Waals surface area contributed by atoms with Gasteiger partial charge in [0.1, 0.15) is 18.3 Å². The van der Waals surface area contributed by atoms with Crippen LogP contribution in [0.5, 0.6) is 0 Å². The minimum Gasteiger partial charge on any atom is -0.348 e. The van der Waals surface area contributed by atoms with E-state index in [1.54, 1.807) is 0 Å². The second kappa shape index (κ2) is 6.55. The molecule has 0 aliphatic heterocycles. The first-order valence-corrected chi connectivity index (χ1v) is 7.37. The van der Waals surface area contributed by atoms with Crippen LogP contribution in [0.1, 0.15) is 19.3 Å². The first-order valence-electron chi connectivity index (χ1n) is 7.37. The van der Waals surface area contributed by atoms with Crippen LogP contribution in [0.3, 0.4) is 0 Å². The quantitative estimate of drug-likeness (QED) is 0.831. The lowest BCUT2D eigenvalue weighted by Gasteiger charge is -2.25. The predicted octanol–water partition coefficient (Wildman–Crippen LogP) is 1.26. The zero-order valence-corrected chi connectivity index (χ0v) is 12.3. The van der Waals surface area contributed by atoms with Crippen LogP contribution < -0.4 is 10.6 Å². The third-order valence-corrected chi connectivity index (χ3v) is 3.85. The van der Waals surface area contributed by atoms with E-state index in [0.29, 0.717) is 12.5 Å². The van der Waals surface area contributed by atoms with Crippen molar-refractivity contribution in [2.45, 2.75) is 19.3 Å². The minimum absolute atomic E-state index is 0.204. The Hall–Kier alpha value is -2.77. The third kappa shape index (κ3) is 3.53. The van der Waals surface area contributed by atoms with Crippen LogP contribution in [0.15, 0.2) is 30.9 Å². The molecule has 2 N–H and O–H groups in total. The molecule has 2 aromatic rings. The smallest absolute Gasteiger partial charge is 0.313 e. The average molecular weight is 317 g/mol. The summed E-state index contributed by atoms with van der Waals surface area (Å²) in [6.45, 7) is 0.506. The molecule has 0 spiro atoms. The number of halogens is 1. The van der Waals surface area contributed by atoms with E-state index < -0.39 is 17.6 Å². The Labute approximate surface area is 131 Å². The molecule has 3 rings (SSSR count). The Kier molecular flexibility index (Phi) is 4.31. The summed E-state index contributed by atoms with van der Waals surface area (Å²) in [6.07, 6.45) is 5.99. The number of nitrogens with zero attached hydrogens (tertiary/aromatic N) is 3. The van der Waals surface area contributed by atoms with Crippen molar-refractivity contribution in [2.75, 3.05) is 11.9 Å². The molecule has 0 unspecified atom stereocenters. The summed E-state index contributed by atoms with van der Waals surface area (Å²) in [5, 5.41) is 8.80. The van der Waals surface area contributed by atoms with Crippen molar-refractivity contribution in [3.05, 3.63) is 36.7 Å². The SMILES string of the molecule is O=C(NCC1CCC1)C(=O)Nc1ccc(-n2cncn2)c(F)c1. The van der Waals surface area contributed by atoms with Crippen LogP contribution in [0.2, 0.25) is 0 Å². The number of amides is 2. The molecule has 23 heavy (non-hydrogen) atoms. The number of carbonyl (C=O) groups excluding carboxylic acids is 2. The molecular formula is C15H16FN5O2. The number of rotatable bonds is 4. The summed E-state index contributed by atoms with van der Waals surface area (Å²) in [4.78, 5) is 27.2. The molecule has 1 fully saturated rings. The van der Waals surface area contributed by atoms with Gasteiger partial charge in [0, 0.05) is 12.2 Å². The van der Waals surface area contributed by atoms with Gasteiger partial charge in [0.15, 0.2) is 5.82 Å². The Morgan fingerprint density at radius 3 is 2.74 bits per heavy atom. The summed E-state index contributed by atoms with van der Waals surface area (Å²) in [5.74, 6) is -1.63. The van der Waals surface area contributed by atoms with Crippen LogP contribution in [0, 0.1) is 11.7 Å². The maximum absolute atomic E-state index is 14.0. The molecule has 1 aromatic carbocycles. The fraction of sp³-hybridized carbons (Fsp3) is 0.333. The highest BCUT2D eigenvalue weighted by Gasteiger charge is 2.20. The van der Waals surface area contributed by atoms with Crippen molar-refractivity contribution >= 4 is 17.5 Å². The molecule has 7 nitrogen and oxygen atoms in total. The van der Waals surface area contributed by atoms with Gasteiger partial charge in [-0.3, -0.25) is 9.59 Å². The van der Waals surface area contributed by atoms with Crippen LogP contribution in [-0.2, 0) is 9.59 Å². The summed E-state index contributed by atoms with van der Waals surface area (Å²) < 4.78 is 15.3. The first-order chi connectivity index (χ1) is 11.1. The van der Waals surface area contributed by atoms with E-state index in [4.69, 9.17) is 0 Å². The van der Waals surface area contributed by atoms with Gasteiger partial charge in [-0.2, -0.15) is 5.10 Å². The zero-order chi connectivity index (χ0) is 16.2. The normalized spacial score (nSPS) is 14.1. The number of anilines is 1. The number of nitrogens with one attached hydrogen (secondary N) is 2. The Balaban J connectivity index is 1.59. The van der Waals surface area contributed by atoms with E-state index >= 15 is 0 Å². The van der Waals surface area contributed by atoms with Gasteiger partial charge in [-0.25, -0.2) is 14.1 Å². The second-order valence-corrected chi connectivity index (χ2v) is 5.47. The highest BCUT2D eigenvalue weighted by molar-refractivity contribution is 6.39. The lowest BCUT2D eigenvalue weighted by atomic mass is 9.85. The number of benzene rings is 1. The number of aromatic nitrogens is 3. The van der Waals surface area contributed by atoms with Gasteiger partial charge in [0.25, 0.3) is 0 Å². The third-order valence-electron chi connectivity index (χ3n) is 3.85. The molecule has 1 saturated carbocycles. The van der Waals surface area contributed by atoms with Gasteiger partial charge >= 0.3 is 11.8 Å². The van der Waals surface area contributed by atoms with Gasteiger partial charge in [-0.15, -0.1) is 0 Å². The van der Waals surface area contributed by atoms with Crippen LogP contribution in [0.25, 0.3) is 5.69 Å². The van der Waals surface area contributed by atoms with Gasteiger partial charge < -0.3 is 10.6 Å². The molecule has 8 heteroatoms. The molecule has 1 aliphatic rings. The molecule has 0 bridgehead atoms. The summed E-state index contributed by atoms with van der Waals surface area (Å²) >= 11 is 0. The predicted molar refractivity (Wildman–Crippen MR) is 80.3 cm³/mol. The van der Waals surface area contributed by atoms with E-state index in [1.807, 2.05) is 0 Å². The lowest BCUT2D eigenvalue weighted by molar-refractivity contribution is -0.136. The standard InChI is InChI=1S/C15H16FN5O2/c16-12-6-11(4-5-13(12)21-9-17-8-19-21)20-15(23)14(22)18-7-10-2-1-3-10/h4-6,8-10H,1-3,7H2,(H,18,22)(H,20,23). The monoisotopic (exact) mass is 317 g/mol. The van der Waals surface area contributed by atoms with Gasteiger partial charge in [-0.1, -0.05) is 6.42 Å². The summed E-state index contributed by atoms with van der Waals surface area (Å²) in [6, 6.07) is 4.08. The molecule has 2 amide bonds. The van der Waals surface area contributed by atoms with Crippen molar-refractivity contribution in [1.29, 1.82) is 0 Å². The summed E-state index contributed by atoms with van der Waals surface area (Å²) in [7, 11) is 0. The topological polar surface area (TPSA) is 88.9 Å². The van der Waals surface area contributed by atoms with Crippen LogP contribution >= 0.6 is 0 Å². The fourth-order valence-electron chi connectivity index (χ4n) is 2.31. The number of carbonyl (C=O) groups is 2. The number of hydrogen-bond acceptors (Lipinski definition) is 4. The molecule has 1 heterocycles. The van der Waals surface area contributed by atoms with Crippen LogP contribution in [0.4, 0.5) is 10.1 Å². The van der Waals surface area contributed by atoms with Crippen LogP contribution in [-0.4, -0.2) is 33.1 Å². The second-order valence-electron chi connectivity index (χ2n) is 5.47. The Morgan fingerprint density at radius 1 is 1.30 bits per heavy atom. The summed E-state index contributed by atoms with van der Waals surface area (Å²) in [5.41, 5.74) is 0.407. The first kappa shape index (κ1) is 15.1. The number of hydrogen-bond donors (Lipinski definition) is 2. The molecule has 1 aromatic heterocycles. The molecule has 120 valence electrons. The minimum atomic E-state index is -0.808. The van der Waals surface area contributed by atoms with Gasteiger partial charge in [0.2, 0.25) is 0 Å². The molecule has 0 saturated heterocycles. The highest BCUT2D eigenvalue weighted by atomic mass is 19.1. The van der Waals surface area contributed by atoms with E-state index in [0.717, 1.165) is 18.9 Å². The van der Waals surface area contributed by atoms with E-state index in [9.17, 15) is 14.0 Å². The van der Waals surface area contributed by atoms with Crippen molar-refractivity contribution < 1.29 is 14.0 Å². The zero-order valence-electron chi connectivity index (χ0n) is 12.3. The van der Waals surface area contributed by atoms with Crippen molar-refractivity contribution in [3.8, 4) is 5.69 Å². The molecule has 1 aliphatic carbocycles. The van der Waals surface area contributed by atoms with E-state index in [1.165, 1.54) is 35.9 Å². The van der Waals surface area contributed by atoms with Gasteiger partial charge in [0.05, 0.1) is 0 Å². The van der Waals surface area contributed by atoms with Crippen molar-refractivity contribution in [1.82, 2.24) is 20.1 Å². The Morgan fingerprint density at radius 2 is 2.13 bits per heavy atom. The lowest BCUT2D eigenvalue weighted by Crippen LogP contribution is -2.39. The molecular weight excluding hydrogens is 301 g/mol. The average Bonchev–Trinajstić information content (AvgIpc) is 2.99. The van der Waals surface area contributed by atoms with Gasteiger partial charge in [-0.05, 0) is 37.0 Å². The van der Waals surface area contributed by atoms with Crippen molar-refractivity contribution in [2.24, 2.45) is 5.92 Å². The fourth-order valence-corrected chi connectivity index (χ4v) is 2.31. The maximum atomic E-state index is 14.0. The Bertz CT molecular complexity index is 713. The maximum Gasteiger partial charge on any atom is 0.313 e. The van der Waals surface area contributed by atoms with Crippen molar-refractivity contribution in [3.63, 3.8) is 0 Å². The highest BCUT2D eigenvalue weighted by Crippen LogP contribution is 2.25.